The van der Waals surface area contributed by atoms with Crippen LogP contribution in [0.2, 0.25) is 0 Å². The first-order valence-corrected chi connectivity index (χ1v) is 6.82. The fourth-order valence-corrected chi connectivity index (χ4v) is 2.46. The summed E-state index contributed by atoms with van der Waals surface area (Å²) in [6.07, 6.45) is 2.93. The van der Waals surface area contributed by atoms with Crippen molar-refractivity contribution in [1.29, 1.82) is 0 Å². The van der Waals surface area contributed by atoms with E-state index in [9.17, 15) is 20.0 Å². The van der Waals surface area contributed by atoms with Crippen molar-refractivity contribution in [3.05, 3.63) is 33.9 Å². The zero-order chi connectivity index (χ0) is 15.4. The largest absolute Gasteiger partial charge is 0.465 e. The first-order chi connectivity index (χ1) is 10.1. The van der Waals surface area contributed by atoms with Gasteiger partial charge in [0.1, 0.15) is 5.69 Å². The molecule has 7 heteroatoms. The van der Waals surface area contributed by atoms with Crippen molar-refractivity contribution in [1.82, 2.24) is 0 Å². The highest BCUT2D eigenvalue weighted by Crippen LogP contribution is 2.35. The summed E-state index contributed by atoms with van der Waals surface area (Å²) in [7, 11) is 1.26. The van der Waals surface area contributed by atoms with Crippen LogP contribution in [0.3, 0.4) is 0 Å². The van der Waals surface area contributed by atoms with Crippen LogP contribution in [-0.4, -0.2) is 42.3 Å². The number of anilines is 1. The number of aliphatic hydroxyl groups is 1. The highest BCUT2D eigenvalue weighted by atomic mass is 16.6. The molecule has 114 valence electrons. The molecule has 2 rings (SSSR count). The Morgan fingerprint density at radius 2 is 2.24 bits per heavy atom. The normalized spacial score (nSPS) is 14.4. The van der Waals surface area contributed by atoms with E-state index in [-0.39, 0.29) is 23.9 Å². The minimum atomic E-state index is -0.538. The van der Waals surface area contributed by atoms with Gasteiger partial charge in [0.25, 0.3) is 5.69 Å². The molecule has 0 amide bonds. The number of rotatable bonds is 6. The lowest BCUT2D eigenvalue weighted by molar-refractivity contribution is -0.384. The molecule has 0 bridgehead atoms. The smallest absolute Gasteiger partial charge is 0.337 e. The number of hydrogen-bond acceptors (Lipinski definition) is 6. The van der Waals surface area contributed by atoms with Crippen LogP contribution < -0.4 is 4.90 Å². The third kappa shape index (κ3) is 3.13. The van der Waals surface area contributed by atoms with Gasteiger partial charge in [-0.3, -0.25) is 10.1 Å². The lowest BCUT2D eigenvalue weighted by atomic mass is 9.90. The van der Waals surface area contributed by atoms with E-state index in [0.29, 0.717) is 12.2 Å². The number of aliphatic hydroxyl groups excluding tert-OH is 1. The van der Waals surface area contributed by atoms with Crippen molar-refractivity contribution >= 4 is 17.3 Å². The quantitative estimate of drug-likeness (QED) is 0.488. The molecule has 1 aromatic rings. The highest BCUT2D eigenvalue weighted by molar-refractivity contribution is 5.91. The van der Waals surface area contributed by atoms with Crippen LogP contribution in [0, 0.1) is 10.1 Å². The Kier molecular flexibility index (Phi) is 4.74. The van der Waals surface area contributed by atoms with E-state index >= 15 is 0 Å². The Morgan fingerprint density at radius 3 is 2.71 bits per heavy atom. The van der Waals surface area contributed by atoms with Crippen molar-refractivity contribution < 1.29 is 19.6 Å². The van der Waals surface area contributed by atoms with Gasteiger partial charge in [-0.25, -0.2) is 4.79 Å². The molecule has 0 heterocycles. The molecule has 0 spiro atoms. The number of benzene rings is 1. The fraction of sp³-hybridized carbons (Fsp3) is 0.500. The first kappa shape index (κ1) is 15.2. The van der Waals surface area contributed by atoms with Crippen LogP contribution >= 0.6 is 0 Å². The average Bonchev–Trinajstić information content (AvgIpc) is 2.43. The van der Waals surface area contributed by atoms with Gasteiger partial charge in [0.15, 0.2) is 0 Å². The minimum Gasteiger partial charge on any atom is -0.465 e. The van der Waals surface area contributed by atoms with Crippen LogP contribution in [0.5, 0.6) is 0 Å². The number of ether oxygens (including phenoxy) is 1. The van der Waals surface area contributed by atoms with Crippen molar-refractivity contribution in [2.24, 2.45) is 0 Å². The second-order valence-corrected chi connectivity index (χ2v) is 4.95. The number of nitrogens with zero attached hydrogens (tertiary/aromatic N) is 2. The van der Waals surface area contributed by atoms with Gasteiger partial charge in [-0.15, -0.1) is 0 Å². The molecule has 0 radical (unpaired) electrons. The molecular weight excluding hydrogens is 276 g/mol. The SMILES string of the molecule is COC(=O)c1ccc([N+](=O)[O-])c(N(CCO)C2CCC2)c1. The lowest BCUT2D eigenvalue weighted by Crippen LogP contribution is -2.42. The Balaban J connectivity index is 2.44. The Morgan fingerprint density at radius 1 is 1.52 bits per heavy atom. The predicted octanol–water partition coefficient (Wildman–Crippen LogP) is 1.73. The maximum atomic E-state index is 11.6. The number of nitro groups is 1. The zero-order valence-corrected chi connectivity index (χ0v) is 11.8. The van der Waals surface area contributed by atoms with Gasteiger partial charge in [-0.2, -0.15) is 0 Å². The molecule has 1 fully saturated rings. The molecule has 0 unspecified atom stereocenters. The number of esters is 1. The van der Waals surface area contributed by atoms with Gasteiger partial charge >= 0.3 is 5.97 Å². The first-order valence-electron chi connectivity index (χ1n) is 6.82. The molecule has 1 N–H and O–H groups in total. The van der Waals surface area contributed by atoms with Crippen LogP contribution in [-0.2, 0) is 4.74 Å². The molecule has 0 aromatic heterocycles. The topological polar surface area (TPSA) is 92.9 Å². The average molecular weight is 294 g/mol. The van der Waals surface area contributed by atoms with Crippen LogP contribution in [0.15, 0.2) is 18.2 Å². The van der Waals surface area contributed by atoms with E-state index < -0.39 is 10.9 Å². The summed E-state index contributed by atoms with van der Waals surface area (Å²) >= 11 is 0. The molecule has 21 heavy (non-hydrogen) atoms. The Labute approximate surface area is 122 Å². The van der Waals surface area contributed by atoms with Gasteiger partial charge in [0.2, 0.25) is 0 Å². The van der Waals surface area contributed by atoms with E-state index in [0.717, 1.165) is 19.3 Å². The zero-order valence-electron chi connectivity index (χ0n) is 11.8. The summed E-state index contributed by atoms with van der Waals surface area (Å²) in [5.74, 6) is -0.538. The van der Waals surface area contributed by atoms with Crippen LogP contribution in [0.4, 0.5) is 11.4 Å². The summed E-state index contributed by atoms with van der Waals surface area (Å²) in [6.45, 7) is 0.201. The number of methoxy groups -OCH3 is 1. The summed E-state index contributed by atoms with van der Waals surface area (Å²) in [4.78, 5) is 24.2. The Hall–Kier alpha value is -2.15. The van der Waals surface area contributed by atoms with E-state index in [1.807, 2.05) is 4.90 Å². The van der Waals surface area contributed by atoms with Gasteiger partial charge in [0, 0.05) is 18.7 Å². The van der Waals surface area contributed by atoms with E-state index in [4.69, 9.17) is 0 Å². The maximum absolute atomic E-state index is 11.6. The molecular formula is C14H18N2O5. The summed E-state index contributed by atoms with van der Waals surface area (Å²) in [5.41, 5.74) is 0.560. The van der Waals surface area contributed by atoms with Crippen molar-refractivity contribution in [2.45, 2.75) is 25.3 Å². The summed E-state index contributed by atoms with van der Waals surface area (Å²) in [6, 6.07) is 4.33. The van der Waals surface area contributed by atoms with Gasteiger partial charge < -0.3 is 14.7 Å². The standard InChI is InChI=1S/C14H18N2O5/c1-21-14(18)10-5-6-12(16(19)20)13(9-10)15(7-8-17)11-3-2-4-11/h5-6,9,11,17H,2-4,7-8H2,1H3. The third-order valence-corrected chi connectivity index (χ3v) is 3.76. The minimum absolute atomic E-state index is 0.0667. The second kappa shape index (κ2) is 6.53. The van der Waals surface area contributed by atoms with E-state index in [1.165, 1.54) is 25.3 Å². The predicted molar refractivity (Wildman–Crippen MR) is 76.5 cm³/mol. The number of hydrogen-bond donors (Lipinski definition) is 1. The van der Waals surface area contributed by atoms with Gasteiger partial charge in [-0.05, 0) is 31.4 Å². The number of nitro benzene ring substituents is 1. The lowest BCUT2D eigenvalue weighted by Gasteiger charge is -2.38. The van der Waals surface area contributed by atoms with E-state index in [1.54, 1.807) is 0 Å². The fourth-order valence-electron chi connectivity index (χ4n) is 2.46. The maximum Gasteiger partial charge on any atom is 0.337 e. The third-order valence-electron chi connectivity index (χ3n) is 3.76. The molecule has 1 aliphatic carbocycles. The van der Waals surface area contributed by atoms with Gasteiger partial charge in [0.05, 0.1) is 24.2 Å². The molecule has 1 aromatic carbocycles. The molecule has 0 saturated heterocycles. The van der Waals surface area contributed by atoms with Crippen molar-refractivity contribution in [3.8, 4) is 0 Å². The monoisotopic (exact) mass is 294 g/mol. The van der Waals surface area contributed by atoms with Crippen molar-refractivity contribution in [2.75, 3.05) is 25.2 Å². The summed E-state index contributed by atoms with van der Waals surface area (Å²) < 4.78 is 4.66. The Bertz CT molecular complexity index is 542. The molecule has 1 aliphatic rings. The summed E-state index contributed by atoms with van der Waals surface area (Å²) in [5, 5.41) is 20.4. The number of carbonyl (C=O) groups excluding carboxylic acids is 1. The molecule has 7 nitrogen and oxygen atoms in total. The molecule has 0 atom stereocenters. The molecule has 1 saturated carbocycles. The number of carbonyl (C=O) groups is 1. The van der Waals surface area contributed by atoms with Gasteiger partial charge in [-0.1, -0.05) is 0 Å². The van der Waals surface area contributed by atoms with Crippen LogP contribution in [0.25, 0.3) is 0 Å². The molecule has 0 aliphatic heterocycles. The second-order valence-electron chi connectivity index (χ2n) is 4.95. The van der Waals surface area contributed by atoms with E-state index in [2.05, 4.69) is 4.74 Å². The van der Waals surface area contributed by atoms with Crippen molar-refractivity contribution in [3.63, 3.8) is 0 Å². The highest BCUT2D eigenvalue weighted by Gasteiger charge is 2.30. The van der Waals surface area contributed by atoms with Crippen LogP contribution in [0.1, 0.15) is 29.6 Å².